The summed E-state index contributed by atoms with van der Waals surface area (Å²) in [5, 5.41) is 48.1. The molecule has 4 aromatic carbocycles. The van der Waals surface area contributed by atoms with Crippen molar-refractivity contribution >= 4 is 125 Å². The second-order valence-electron chi connectivity index (χ2n) is 14.1. The number of nitrogens with one attached hydrogen (secondary N) is 6. The summed E-state index contributed by atoms with van der Waals surface area (Å²) in [6.45, 7) is 2.64. The van der Waals surface area contributed by atoms with Crippen LogP contribution < -0.4 is 31.9 Å². The molecule has 368 valence electrons. The van der Waals surface area contributed by atoms with Crippen molar-refractivity contribution < 1.29 is 73.3 Å². The third-order valence-electron chi connectivity index (χ3n) is 8.93. The standard InChI is InChI=1S/C38H36N12O16S4/c1-19(31(51)52)39-33-45-35(41-23-9-13-27(14-10-23)68(56,57)58)49-37(47-33)43-25-7-5-21(29(17-25)67-66-65-55)3-4-22-6-8-26(18-30(22)70(62,63)64)44-38-48-34(40-20(2)32(53)54)46-36(50-38)42-24-11-15-28(16-12-24)69(59,60)61/h3-20,55H,1-2H3,(H,51,52)(H,53,54)(H,56,57,58)(H,59,60,61)(H,62,63,64)(H3,39,41,43,45,47,49)(H3,40,42,44,46,48,50). The average molecular weight is 1050 g/mol. The second-order valence-corrected chi connectivity index (χ2v) is 19.0. The first-order valence-electron chi connectivity index (χ1n) is 19.3. The fraction of sp³-hybridized carbons (Fsp3) is 0.105. The Balaban J connectivity index is 1.28. The zero-order valence-corrected chi connectivity index (χ0v) is 38.7. The molecule has 0 bridgehead atoms. The number of benzene rings is 4. The van der Waals surface area contributed by atoms with Crippen molar-refractivity contribution in [2.24, 2.45) is 0 Å². The van der Waals surface area contributed by atoms with Gasteiger partial charge in [0.05, 0.1) is 21.8 Å². The lowest BCUT2D eigenvalue weighted by Gasteiger charge is -2.14. The van der Waals surface area contributed by atoms with Gasteiger partial charge in [0.1, 0.15) is 17.0 Å². The Bertz CT molecular complexity index is 3300. The van der Waals surface area contributed by atoms with Crippen molar-refractivity contribution in [3.05, 3.63) is 96.1 Å². The van der Waals surface area contributed by atoms with Crippen molar-refractivity contribution in [2.45, 2.75) is 45.5 Å². The van der Waals surface area contributed by atoms with Crippen molar-refractivity contribution in [1.82, 2.24) is 29.9 Å². The zero-order chi connectivity index (χ0) is 51.0. The van der Waals surface area contributed by atoms with E-state index in [1.165, 1.54) is 80.6 Å². The minimum absolute atomic E-state index is 0.0133. The number of carboxylic acids is 2. The third-order valence-corrected chi connectivity index (χ3v) is 12.2. The van der Waals surface area contributed by atoms with Crippen LogP contribution in [0, 0.1) is 0 Å². The van der Waals surface area contributed by atoms with Gasteiger partial charge >= 0.3 is 11.9 Å². The van der Waals surface area contributed by atoms with Gasteiger partial charge in [-0.25, -0.2) is 5.26 Å². The maximum absolute atomic E-state index is 12.7. The number of carboxylic acid groups (broad SMARTS) is 2. The molecule has 0 spiro atoms. The Labute approximate surface area is 400 Å². The van der Waals surface area contributed by atoms with Crippen LogP contribution >= 0.6 is 12.0 Å². The molecule has 28 nitrogen and oxygen atoms in total. The average Bonchev–Trinajstić information content (AvgIpc) is 3.27. The van der Waals surface area contributed by atoms with Gasteiger partial charge in [-0.05, 0) is 97.8 Å². The predicted molar refractivity (Wildman–Crippen MR) is 249 cm³/mol. The predicted octanol–water partition coefficient (Wildman–Crippen LogP) is 5.14. The van der Waals surface area contributed by atoms with Crippen LogP contribution in [0.25, 0.3) is 12.2 Å². The molecule has 6 rings (SSSR count). The van der Waals surface area contributed by atoms with Gasteiger partial charge in [-0.2, -0.15) is 55.2 Å². The van der Waals surface area contributed by atoms with E-state index in [-0.39, 0.29) is 73.8 Å². The molecule has 32 heteroatoms. The summed E-state index contributed by atoms with van der Waals surface area (Å²) in [4.78, 5) is 47.2. The lowest BCUT2D eigenvalue weighted by molar-refractivity contribution is -0.432. The minimum Gasteiger partial charge on any atom is -0.480 e. The molecule has 0 aliphatic rings. The molecule has 2 aromatic heterocycles. The smallest absolute Gasteiger partial charge is 0.325 e. The van der Waals surface area contributed by atoms with Crippen LogP contribution in [0.4, 0.5) is 58.4 Å². The van der Waals surface area contributed by atoms with Gasteiger partial charge in [-0.15, -0.1) is 4.33 Å². The number of hydrogen-bond acceptors (Lipinski definition) is 24. The Hall–Kier alpha value is -7.66. The summed E-state index contributed by atoms with van der Waals surface area (Å²) in [5.74, 6) is -3.65. The van der Waals surface area contributed by atoms with E-state index in [9.17, 15) is 58.7 Å². The molecule has 0 saturated carbocycles. The number of nitrogens with zero attached hydrogens (tertiary/aromatic N) is 6. The molecule has 70 heavy (non-hydrogen) atoms. The molecule has 0 saturated heterocycles. The molecule has 2 heterocycles. The van der Waals surface area contributed by atoms with Crippen LogP contribution in [0.15, 0.2) is 105 Å². The monoisotopic (exact) mass is 1040 g/mol. The van der Waals surface area contributed by atoms with Crippen LogP contribution in [-0.4, -0.2) is 108 Å². The summed E-state index contributed by atoms with van der Waals surface area (Å²) in [6, 6.07) is 15.5. The molecule has 2 unspecified atom stereocenters. The van der Waals surface area contributed by atoms with Crippen molar-refractivity contribution in [2.75, 3.05) is 31.9 Å². The summed E-state index contributed by atoms with van der Waals surface area (Å²) < 4.78 is 105. The van der Waals surface area contributed by atoms with Crippen LogP contribution in [-0.2, 0) is 49.3 Å². The highest BCUT2D eigenvalue weighted by Crippen LogP contribution is 2.32. The van der Waals surface area contributed by atoms with Crippen molar-refractivity contribution in [1.29, 1.82) is 0 Å². The molecule has 0 fully saturated rings. The van der Waals surface area contributed by atoms with E-state index in [0.717, 1.165) is 30.3 Å². The number of carbonyl (C=O) groups is 2. The maximum Gasteiger partial charge on any atom is 0.325 e. The Morgan fingerprint density at radius 2 is 0.886 bits per heavy atom. The van der Waals surface area contributed by atoms with Crippen LogP contribution in [0.3, 0.4) is 0 Å². The molecular formula is C38H36N12O16S4. The highest BCUT2D eigenvalue weighted by molar-refractivity contribution is 7.94. The molecule has 0 aliphatic carbocycles. The summed E-state index contributed by atoms with van der Waals surface area (Å²) in [6.07, 6.45) is 2.74. The first kappa shape index (κ1) is 51.7. The number of aliphatic carboxylic acids is 2. The lowest BCUT2D eigenvalue weighted by atomic mass is 10.1. The normalized spacial score (nSPS) is 12.7. The van der Waals surface area contributed by atoms with E-state index in [2.05, 4.69) is 71.2 Å². The van der Waals surface area contributed by atoms with Crippen LogP contribution in [0.1, 0.15) is 25.0 Å². The topological polar surface area (TPSA) is 426 Å². The summed E-state index contributed by atoms with van der Waals surface area (Å²) >= 11 is 0.511. The second kappa shape index (κ2) is 21.7. The molecule has 2 atom stereocenters. The number of anilines is 10. The fourth-order valence-corrected chi connectivity index (χ4v) is 7.76. The fourth-order valence-electron chi connectivity index (χ4n) is 5.58. The molecule has 0 amide bonds. The molecule has 0 aliphatic heterocycles. The van der Waals surface area contributed by atoms with Gasteiger partial charge in [0.15, 0.2) is 0 Å². The van der Waals surface area contributed by atoms with Gasteiger partial charge in [-0.1, -0.05) is 29.3 Å². The molecule has 0 radical (unpaired) electrons. The molecule has 6 aromatic rings. The summed E-state index contributed by atoms with van der Waals surface area (Å²) in [7, 11) is -13.9. The first-order valence-corrected chi connectivity index (χ1v) is 24.3. The Kier molecular flexibility index (Phi) is 16.1. The third kappa shape index (κ3) is 14.4. The van der Waals surface area contributed by atoms with Crippen molar-refractivity contribution in [3.8, 4) is 0 Å². The zero-order valence-electron chi connectivity index (χ0n) is 35.5. The Morgan fingerprint density at radius 3 is 1.27 bits per heavy atom. The molecule has 12 N–H and O–H groups in total. The van der Waals surface area contributed by atoms with E-state index in [4.69, 9.17) is 5.26 Å². The van der Waals surface area contributed by atoms with E-state index in [1.807, 2.05) is 0 Å². The van der Waals surface area contributed by atoms with Gasteiger partial charge in [0, 0.05) is 27.6 Å². The van der Waals surface area contributed by atoms with Crippen LogP contribution in [0.2, 0.25) is 0 Å². The van der Waals surface area contributed by atoms with E-state index in [1.54, 1.807) is 0 Å². The van der Waals surface area contributed by atoms with Gasteiger partial charge in [-0.3, -0.25) is 23.2 Å². The number of hydrogen-bond donors (Lipinski definition) is 12. The van der Waals surface area contributed by atoms with Gasteiger partial charge in [0.25, 0.3) is 30.4 Å². The summed E-state index contributed by atoms with van der Waals surface area (Å²) in [5.41, 5.74) is 1.08. The SMILES string of the molecule is CC(Nc1nc(Nc2ccc(S(=O)(=O)O)cc2)nc(Nc2ccc(C=Cc3ccc(Nc4nc(Nc5ccc(S(=O)(=O)O)cc5)nc(NC(C)C(=O)O)n4)cc3S(=O)(=O)O)c(SOOO)c2)n1)C(=O)O. The lowest BCUT2D eigenvalue weighted by Crippen LogP contribution is -2.27. The highest BCUT2D eigenvalue weighted by Gasteiger charge is 2.20. The highest BCUT2D eigenvalue weighted by atomic mass is 32.2. The van der Waals surface area contributed by atoms with E-state index in [0.29, 0.717) is 17.6 Å². The Morgan fingerprint density at radius 1 is 0.529 bits per heavy atom. The van der Waals surface area contributed by atoms with Gasteiger partial charge < -0.3 is 42.1 Å². The van der Waals surface area contributed by atoms with Gasteiger partial charge in [0.2, 0.25) is 35.7 Å². The maximum atomic E-state index is 12.7. The van der Waals surface area contributed by atoms with E-state index >= 15 is 0 Å². The largest absolute Gasteiger partial charge is 0.480 e. The van der Waals surface area contributed by atoms with Crippen LogP contribution in [0.5, 0.6) is 0 Å². The number of aromatic nitrogens is 6. The first-order chi connectivity index (χ1) is 32.9. The van der Waals surface area contributed by atoms with Crippen molar-refractivity contribution in [3.63, 3.8) is 0 Å². The minimum atomic E-state index is -4.95. The van der Waals surface area contributed by atoms with E-state index < -0.39 is 64.2 Å². The molecular weight excluding hydrogens is 1010 g/mol. The number of rotatable bonds is 22. The quantitative estimate of drug-likeness (QED) is 0.0138.